The summed E-state index contributed by atoms with van der Waals surface area (Å²) in [6.07, 6.45) is 1.02. The van der Waals surface area contributed by atoms with Crippen LogP contribution >= 0.6 is 0 Å². The van der Waals surface area contributed by atoms with Gasteiger partial charge in [-0.3, -0.25) is 4.79 Å². The molecule has 1 aromatic carbocycles. The molecule has 1 aliphatic heterocycles. The zero-order valence-corrected chi connectivity index (χ0v) is 15.1. The predicted octanol–water partition coefficient (Wildman–Crippen LogP) is 2.35. The van der Waals surface area contributed by atoms with Gasteiger partial charge >= 0.3 is 6.09 Å². The maximum atomic E-state index is 13.3. The Morgan fingerprint density at radius 3 is 2.58 bits per heavy atom. The number of nitrogens with zero attached hydrogens (tertiary/aromatic N) is 1. The van der Waals surface area contributed by atoms with Crippen LogP contribution in [0.2, 0.25) is 0 Å². The minimum absolute atomic E-state index is 0.00792. The maximum absolute atomic E-state index is 13.3. The summed E-state index contributed by atoms with van der Waals surface area (Å²) in [6, 6.07) is 3.39. The minimum atomic E-state index is -0.908. The van der Waals surface area contributed by atoms with Crippen LogP contribution in [0.4, 0.5) is 13.6 Å². The molecular formula is C18H25F2N3O3. The van der Waals surface area contributed by atoms with Crippen molar-refractivity contribution in [3.8, 4) is 0 Å². The summed E-state index contributed by atoms with van der Waals surface area (Å²) in [6.45, 7) is 5.04. The summed E-state index contributed by atoms with van der Waals surface area (Å²) < 4.78 is 31.2. The van der Waals surface area contributed by atoms with Crippen LogP contribution in [0, 0.1) is 11.6 Å². The lowest BCUT2D eigenvalue weighted by atomic mass is 10.1. The summed E-state index contributed by atoms with van der Waals surface area (Å²) in [5.74, 6) is -1.98. The van der Waals surface area contributed by atoms with Gasteiger partial charge in [-0.15, -0.1) is 0 Å². The Bertz CT molecular complexity index is 634. The maximum Gasteiger partial charge on any atom is 0.409 e. The lowest BCUT2D eigenvalue weighted by molar-refractivity contribution is -0.121. The van der Waals surface area contributed by atoms with Crippen molar-refractivity contribution >= 4 is 12.0 Å². The standard InChI is InChI=1S/C18H25F2N3O3/c1-3-26-18(25)23-8-6-14(7-9-23)22-17(24)11-21-12(2)13-4-5-15(19)16(20)10-13/h4-5,10,12,14,21H,3,6-9,11H2,1-2H3,(H,22,24)/t12-/m1/s1. The number of likely N-dealkylation sites (tertiary alicyclic amines) is 1. The summed E-state index contributed by atoms with van der Waals surface area (Å²) in [5, 5.41) is 5.92. The van der Waals surface area contributed by atoms with Gasteiger partial charge < -0.3 is 20.3 Å². The lowest BCUT2D eigenvalue weighted by Crippen LogP contribution is -2.48. The van der Waals surface area contributed by atoms with Crippen LogP contribution in [0.15, 0.2) is 18.2 Å². The zero-order chi connectivity index (χ0) is 19.1. The van der Waals surface area contributed by atoms with Gasteiger partial charge in [0.25, 0.3) is 0 Å². The third kappa shape index (κ3) is 5.66. The number of hydrogen-bond donors (Lipinski definition) is 2. The van der Waals surface area contributed by atoms with Gasteiger partial charge in [-0.25, -0.2) is 13.6 Å². The smallest absolute Gasteiger partial charge is 0.409 e. The van der Waals surface area contributed by atoms with Crippen LogP contribution in [-0.2, 0) is 9.53 Å². The fourth-order valence-corrected chi connectivity index (χ4v) is 2.85. The largest absolute Gasteiger partial charge is 0.450 e. The van der Waals surface area contributed by atoms with E-state index < -0.39 is 11.6 Å². The number of nitrogens with one attached hydrogen (secondary N) is 2. The number of hydrogen-bond acceptors (Lipinski definition) is 4. The first kappa shape index (κ1) is 20.1. The molecule has 0 aliphatic carbocycles. The molecule has 1 saturated heterocycles. The molecular weight excluding hydrogens is 344 g/mol. The molecule has 1 aliphatic rings. The molecule has 0 aromatic heterocycles. The molecule has 0 unspecified atom stereocenters. The normalized spacial score (nSPS) is 16.2. The van der Waals surface area contributed by atoms with E-state index in [9.17, 15) is 18.4 Å². The highest BCUT2D eigenvalue weighted by Crippen LogP contribution is 2.16. The predicted molar refractivity (Wildman–Crippen MR) is 92.5 cm³/mol. The van der Waals surface area contributed by atoms with Crippen LogP contribution in [0.25, 0.3) is 0 Å². The number of rotatable bonds is 6. The van der Waals surface area contributed by atoms with Crippen LogP contribution in [0.3, 0.4) is 0 Å². The number of halogens is 2. The van der Waals surface area contributed by atoms with Crippen molar-refractivity contribution in [3.05, 3.63) is 35.4 Å². The Labute approximate surface area is 151 Å². The first-order valence-electron chi connectivity index (χ1n) is 8.80. The summed E-state index contributed by atoms with van der Waals surface area (Å²) in [7, 11) is 0. The average Bonchev–Trinajstić information content (AvgIpc) is 2.62. The second kappa shape index (κ2) is 9.47. The summed E-state index contributed by atoms with van der Waals surface area (Å²) in [4.78, 5) is 25.3. The molecule has 1 fully saturated rings. The van der Waals surface area contributed by atoms with Crippen molar-refractivity contribution in [3.63, 3.8) is 0 Å². The van der Waals surface area contributed by atoms with E-state index in [2.05, 4.69) is 10.6 Å². The zero-order valence-electron chi connectivity index (χ0n) is 15.1. The molecule has 0 bridgehead atoms. The number of benzene rings is 1. The highest BCUT2D eigenvalue weighted by atomic mass is 19.2. The number of amides is 2. The highest BCUT2D eigenvalue weighted by molar-refractivity contribution is 5.78. The average molecular weight is 369 g/mol. The molecule has 144 valence electrons. The summed E-state index contributed by atoms with van der Waals surface area (Å²) >= 11 is 0. The van der Waals surface area contributed by atoms with Crippen LogP contribution in [0.5, 0.6) is 0 Å². The van der Waals surface area contributed by atoms with E-state index in [0.29, 0.717) is 38.1 Å². The fraction of sp³-hybridized carbons (Fsp3) is 0.556. The quantitative estimate of drug-likeness (QED) is 0.808. The van der Waals surface area contributed by atoms with E-state index in [4.69, 9.17) is 4.74 Å². The Balaban J connectivity index is 1.72. The van der Waals surface area contributed by atoms with Gasteiger partial charge in [0.05, 0.1) is 13.2 Å². The van der Waals surface area contributed by atoms with Gasteiger partial charge in [-0.05, 0) is 44.4 Å². The van der Waals surface area contributed by atoms with Gasteiger partial charge in [-0.1, -0.05) is 6.07 Å². The molecule has 0 spiro atoms. The van der Waals surface area contributed by atoms with E-state index in [0.717, 1.165) is 12.1 Å². The number of carbonyl (C=O) groups excluding carboxylic acids is 2. The van der Waals surface area contributed by atoms with Gasteiger partial charge in [-0.2, -0.15) is 0 Å². The molecule has 8 heteroatoms. The number of carbonyl (C=O) groups is 2. The van der Waals surface area contributed by atoms with Crippen LogP contribution < -0.4 is 10.6 Å². The molecule has 1 atom stereocenters. The van der Waals surface area contributed by atoms with E-state index in [-0.39, 0.29) is 30.6 Å². The Morgan fingerprint density at radius 1 is 1.27 bits per heavy atom. The van der Waals surface area contributed by atoms with Gasteiger partial charge in [0.1, 0.15) is 0 Å². The van der Waals surface area contributed by atoms with Crippen molar-refractivity contribution < 1.29 is 23.1 Å². The second-order valence-electron chi connectivity index (χ2n) is 6.30. The third-order valence-corrected chi connectivity index (χ3v) is 4.40. The van der Waals surface area contributed by atoms with E-state index in [1.807, 2.05) is 0 Å². The summed E-state index contributed by atoms with van der Waals surface area (Å²) in [5.41, 5.74) is 0.569. The van der Waals surface area contributed by atoms with Gasteiger partial charge in [0, 0.05) is 25.2 Å². The van der Waals surface area contributed by atoms with Crippen molar-refractivity contribution in [1.82, 2.24) is 15.5 Å². The van der Waals surface area contributed by atoms with Crippen LogP contribution in [0.1, 0.15) is 38.3 Å². The van der Waals surface area contributed by atoms with Crippen molar-refractivity contribution in [2.24, 2.45) is 0 Å². The molecule has 2 amide bonds. The highest BCUT2D eigenvalue weighted by Gasteiger charge is 2.24. The molecule has 1 aromatic rings. The van der Waals surface area contributed by atoms with Gasteiger partial charge in [0.15, 0.2) is 11.6 Å². The van der Waals surface area contributed by atoms with Crippen molar-refractivity contribution in [1.29, 1.82) is 0 Å². The Hall–Kier alpha value is -2.22. The molecule has 1 heterocycles. The molecule has 2 rings (SSSR count). The number of piperidine rings is 1. The second-order valence-corrected chi connectivity index (χ2v) is 6.30. The van der Waals surface area contributed by atoms with E-state index in [1.165, 1.54) is 6.07 Å². The van der Waals surface area contributed by atoms with Crippen molar-refractivity contribution in [2.75, 3.05) is 26.2 Å². The van der Waals surface area contributed by atoms with E-state index in [1.54, 1.807) is 18.7 Å². The first-order valence-corrected chi connectivity index (χ1v) is 8.80. The van der Waals surface area contributed by atoms with Gasteiger partial charge in [0.2, 0.25) is 5.91 Å². The van der Waals surface area contributed by atoms with Crippen LogP contribution in [-0.4, -0.2) is 49.2 Å². The molecule has 0 radical (unpaired) electrons. The number of ether oxygens (including phenoxy) is 1. The molecule has 26 heavy (non-hydrogen) atoms. The topological polar surface area (TPSA) is 70.7 Å². The Morgan fingerprint density at radius 2 is 1.96 bits per heavy atom. The lowest BCUT2D eigenvalue weighted by Gasteiger charge is -2.31. The molecule has 0 saturated carbocycles. The first-order chi connectivity index (χ1) is 12.4. The van der Waals surface area contributed by atoms with Crippen molar-refractivity contribution in [2.45, 2.75) is 38.8 Å². The third-order valence-electron chi connectivity index (χ3n) is 4.40. The van der Waals surface area contributed by atoms with E-state index >= 15 is 0 Å². The molecule has 6 nitrogen and oxygen atoms in total. The SMILES string of the molecule is CCOC(=O)N1CCC(NC(=O)CN[C@H](C)c2ccc(F)c(F)c2)CC1. The minimum Gasteiger partial charge on any atom is -0.450 e. The monoisotopic (exact) mass is 369 g/mol. The Kier molecular flexibility index (Phi) is 7.32. The fourth-order valence-electron chi connectivity index (χ4n) is 2.85. The molecule has 2 N–H and O–H groups in total.